The quantitative estimate of drug-likeness (QED) is 0.787. The number of nitrogens with zero attached hydrogens (tertiary/aromatic N) is 2. The molecule has 2 aromatic rings. The molecule has 0 saturated heterocycles. The number of carbonyl (C=O) groups is 1. The predicted molar refractivity (Wildman–Crippen MR) is 74.7 cm³/mol. The molecule has 0 aliphatic heterocycles. The smallest absolute Gasteiger partial charge is 0.171 e. The minimum atomic E-state index is -0.365. The Hall–Kier alpha value is -1.49. The topological polar surface area (TPSA) is 34.9 Å². The fraction of sp³-hybridized carbons (Fsp3) is 0.286. The van der Waals surface area contributed by atoms with Crippen LogP contribution >= 0.6 is 15.9 Å². The number of aryl methyl sites for hydroxylation is 1. The largest absolute Gasteiger partial charge is 0.335 e. The van der Waals surface area contributed by atoms with Crippen molar-refractivity contribution >= 4 is 21.7 Å². The number of carbonyl (C=O) groups excluding carboxylic acids is 1. The Labute approximate surface area is 119 Å². The maximum atomic E-state index is 13.0. The van der Waals surface area contributed by atoms with Gasteiger partial charge in [-0.3, -0.25) is 4.79 Å². The molecule has 1 aromatic carbocycles. The Morgan fingerprint density at radius 2 is 2.26 bits per heavy atom. The number of Topliss-reactive ketones (excluding diaryl/α,β-unsaturated/α-hetero) is 1. The summed E-state index contributed by atoms with van der Waals surface area (Å²) in [7, 11) is 0. The van der Waals surface area contributed by atoms with E-state index in [1.54, 1.807) is 6.20 Å². The van der Waals surface area contributed by atoms with E-state index < -0.39 is 0 Å². The number of benzene rings is 1. The molecular formula is C14H14BrFN2O. The highest BCUT2D eigenvalue weighted by molar-refractivity contribution is 9.10. The van der Waals surface area contributed by atoms with E-state index in [2.05, 4.69) is 27.8 Å². The average Bonchev–Trinajstić information content (AvgIpc) is 2.77. The van der Waals surface area contributed by atoms with Gasteiger partial charge in [0, 0.05) is 29.0 Å². The molecule has 0 atom stereocenters. The first kappa shape index (κ1) is 13.9. The lowest BCUT2D eigenvalue weighted by Gasteiger charge is -2.07. The molecule has 0 saturated carbocycles. The highest BCUT2D eigenvalue weighted by Gasteiger charge is 2.14. The lowest BCUT2D eigenvalue weighted by Crippen LogP contribution is -2.10. The summed E-state index contributed by atoms with van der Waals surface area (Å²) in [6.45, 7) is 2.91. The van der Waals surface area contributed by atoms with Crippen molar-refractivity contribution in [3.05, 3.63) is 52.3 Å². The first-order chi connectivity index (χ1) is 9.11. The van der Waals surface area contributed by atoms with Gasteiger partial charge in [-0.1, -0.05) is 6.92 Å². The van der Waals surface area contributed by atoms with E-state index in [0.717, 1.165) is 18.8 Å². The van der Waals surface area contributed by atoms with Gasteiger partial charge in [0.15, 0.2) is 5.78 Å². The number of hydrogen-bond acceptors (Lipinski definition) is 2. The lowest BCUT2D eigenvalue weighted by atomic mass is 10.1. The van der Waals surface area contributed by atoms with Crippen molar-refractivity contribution in [2.45, 2.75) is 26.3 Å². The maximum absolute atomic E-state index is 13.0. The van der Waals surface area contributed by atoms with Crippen molar-refractivity contribution in [3.63, 3.8) is 0 Å². The first-order valence-electron chi connectivity index (χ1n) is 6.10. The average molecular weight is 325 g/mol. The van der Waals surface area contributed by atoms with Crippen LogP contribution in [0.2, 0.25) is 0 Å². The highest BCUT2D eigenvalue weighted by Crippen LogP contribution is 2.19. The van der Waals surface area contributed by atoms with Crippen LogP contribution in [0.15, 0.2) is 35.1 Å². The molecule has 0 spiro atoms. The Bertz CT molecular complexity index is 595. The van der Waals surface area contributed by atoms with Crippen molar-refractivity contribution in [2.75, 3.05) is 0 Å². The van der Waals surface area contributed by atoms with Crippen LogP contribution in [0, 0.1) is 5.82 Å². The molecule has 100 valence electrons. The molecule has 0 radical (unpaired) electrons. The molecule has 0 unspecified atom stereocenters. The minimum absolute atomic E-state index is 0.0737. The van der Waals surface area contributed by atoms with Crippen LogP contribution in [0.3, 0.4) is 0 Å². The van der Waals surface area contributed by atoms with Crippen LogP contribution in [-0.2, 0) is 13.0 Å². The monoisotopic (exact) mass is 324 g/mol. The molecule has 5 heteroatoms. The summed E-state index contributed by atoms with van der Waals surface area (Å²) in [5.41, 5.74) is 0.479. The summed E-state index contributed by atoms with van der Waals surface area (Å²) in [5.74, 6) is 0.300. The molecule has 3 nitrogen and oxygen atoms in total. The van der Waals surface area contributed by atoms with Crippen molar-refractivity contribution in [1.82, 2.24) is 9.55 Å². The van der Waals surface area contributed by atoms with E-state index >= 15 is 0 Å². The SMILES string of the molecule is CCCn1ccnc1CC(=O)c1ccc(F)cc1Br. The highest BCUT2D eigenvalue weighted by atomic mass is 79.9. The van der Waals surface area contributed by atoms with E-state index in [9.17, 15) is 9.18 Å². The minimum Gasteiger partial charge on any atom is -0.335 e. The molecule has 2 rings (SSSR count). The zero-order chi connectivity index (χ0) is 13.8. The molecule has 0 aliphatic rings. The van der Waals surface area contributed by atoms with Crippen LogP contribution in [-0.4, -0.2) is 15.3 Å². The van der Waals surface area contributed by atoms with E-state index in [1.165, 1.54) is 18.2 Å². The van der Waals surface area contributed by atoms with Gasteiger partial charge in [0.1, 0.15) is 11.6 Å². The first-order valence-corrected chi connectivity index (χ1v) is 6.89. The number of halogens is 2. The van der Waals surface area contributed by atoms with Gasteiger partial charge in [-0.15, -0.1) is 0 Å². The maximum Gasteiger partial charge on any atom is 0.171 e. The van der Waals surface area contributed by atoms with Crippen LogP contribution in [0.1, 0.15) is 29.5 Å². The van der Waals surface area contributed by atoms with Crippen LogP contribution in [0.5, 0.6) is 0 Å². The Kier molecular flexibility index (Phi) is 4.47. The number of imidazole rings is 1. The zero-order valence-electron chi connectivity index (χ0n) is 10.6. The van der Waals surface area contributed by atoms with E-state index in [4.69, 9.17) is 0 Å². The number of rotatable bonds is 5. The van der Waals surface area contributed by atoms with Gasteiger partial charge >= 0.3 is 0 Å². The summed E-state index contributed by atoms with van der Waals surface area (Å²) in [6.07, 6.45) is 4.76. The van der Waals surface area contributed by atoms with E-state index in [-0.39, 0.29) is 18.0 Å². The van der Waals surface area contributed by atoms with Crippen LogP contribution < -0.4 is 0 Å². The summed E-state index contributed by atoms with van der Waals surface area (Å²) in [4.78, 5) is 16.4. The van der Waals surface area contributed by atoms with Crippen molar-refractivity contribution in [3.8, 4) is 0 Å². The van der Waals surface area contributed by atoms with Gasteiger partial charge in [0.05, 0.1) is 6.42 Å². The normalized spacial score (nSPS) is 10.7. The molecule has 0 bridgehead atoms. The summed E-state index contributed by atoms with van der Waals surface area (Å²) >= 11 is 3.21. The van der Waals surface area contributed by atoms with Crippen molar-refractivity contribution in [2.24, 2.45) is 0 Å². The second-order valence-electron chi connectivity index (χ2n) is 4.26. The molecule has 0 aliphatic carbocycles. The van der Waals surface area contributed by atoms with Crippen molar-refractivity contribution < 1.29 is 9.18 Å². The third kappa shape index (κ3) is 3.29. The molecular weight excluding hydrogens is 311 g/mol. The van der Waals surface area contributed by atoms with Crippen molar-refractivity contribution in [1.29, 1.82) is 0 Å². The Morgan fingerprint density at radius 1 is 1.47 bits per heavy atom. The van der Waals surface area contributed by atoms with Gasteiger partial charge in [-0.2, -0.15) is 0 Å². The standard InChI is InChI=1S/C14H14BrFN2O/c1-2-6-18-7-5-17-14(18)9-13(19)11-4-3-10(16)8-12(11)15/h3-5,7-8H,2,6,9H2,1H3. The van der Waals surface area contributed by atoms with Crippen LogP contribution in [0.4, 0.5) is 4.39 Å². The summed E-state index contributed by atoms with van der Waals surface area (Å²) in [5, 5.41) is 0. The zero-order valence-corrected chi connectivity index (χ0v) is 12.2. The second kappa shape index (κ2) is 6.10. The molecule has 0 fully saturated rings. The van der Waals surface area contributed by atoms with Gasteiger partial charge in [0.2, 0.25) is 0 Å². The van der Waals surface area contributed by atoms with E-state index in [0.29, 0.717) is 10.0 Å². The van der Waals surface area contributed by atoms with Crippen LogP contribution in [0.25, 0.3) is 0 Å². The molecule has 1 aromatic heterocycles. The fourth-order valence-electron chi connectivity index (χ4n) is 1.91. The van der Waals surface area contributed by atoms with Gasteiger partial charge < -0.3 is 4.57 Å². The Morgan fingerprint density at radius 3 is 2.95 bits per heavy atom. The third-order valence-corrected chi connectivity index (χ3v) is 3.47. The molecule has 0 N–H and O–H groups in total. The predicted octanol–water partition coefficient (Wildman–Crippen LogP) is 3.62. The van der Waals surface area contributed by atoms with Gasteiger partial charge in [-0.05, 0) is 40.5 Å². The Balaban J connectivity index is 2.18. The molecule has 0 amide bonds. The molecule has 1 heterocycles. The molecule has 19 heavy (non-hydrogen) atoms. The third-order valence-electron chi connectivity index (χ3n) is 2.82. The lowest BCUT2D eigenvalue weighted by molar-refractivity contribution is 0.0989. The number of hydrogen-bond donors (Lipinski definition) is 0. The fourth-order valence-corrected chi connectivity index (χ4v) is 2.48. The second-order valence-corrected chi connectivity index (χ2v) is 5.12. The number of ketones is 1. The summed E-state index contributed by atoms with van der Waals surface area (Å²) in [6, 6.07) is 4.08. The number of aromatic nitrogens is 2. The summed E-state index contributed by atoms with van der Waals surface area (Å²) < 4.78 is 15.4. The van der Waals surface area contributed by atoms with Gasteiger partial charge in [-0.25, -0.2) is 9.37 Å². The van der Waals surface area contributed by atoms with E-state index in [1.807, 2.05) is 10.8 Å². The van der Waals surface area contributed by atoms with Gasteiger partial charge in [0.25, 0.3) is 0 Å².